The van der Waals surface area contributed by atoms with Crippen LogP contribution in [-0.4, -0.2) is 95.7 Å². The van der Waals surface area contributed by atoms with Gasteiger partial charge in [0.15, 0.2) is 5.65 Å². The van der Waals surface area contributed by atoms with Gasteiger partial charge in [0.2, 0.25) is 0 Å². The van der Waals surface area contributed by atoms with E-state index < -0.39 is 0 Å². The summed E-state index contributed by atoms with van der Waals surface area (Å²) in [6.07, 6.45) is 2.61. The molecule has 1 atom stereocenters. The lowest BCUT2D eigenvalue weighted by atomic mass is 10.1. The molecule has 3 heterocycles. The van der Waals surface area contributed by atoms with E-state index in [1.54, 1.807) is 56.4 Å². The SMILES string of the molecule is COCCN(C)C(=O)c1ccc2nnc(C3CCN(C(=O)N(C)C)C3)n2c1. The zero-order valence-corrected chi connectivity index (χ0v) is 16.3. The van der Waals surface area contributed by atoms with Crippen molar-refractivity contribution in [2.45, 2.75) is 12.3 Å². The van der Waals surface area contributed by atoms with Gasteiger partial charge in [-0.3, -0.25) is 9.20 Å². The van der Waals surface area contributed by atoms with E-state index >= 15 is 0 Å². The Morgan fingerprint density at radius 2 is 2.04 bits per heavy atom. The Kier molecular flexibility index (Phi) is 5.59. The topological polar surface area (TPSA) is 83.3 Å². The number of methoxy groups -OCH3 is 1. The molecule has 0 radical (unpaired) electrons. The van der Waals surface area contributed by atoms with E-state index in [4.69, 9.17) is 4.74 Å². The molecule has 1 saturated heterocycles. The van der Waals surface area contributed by atoms with Gasteiger partial charge in [-0.15, -0.1) is 10.2 Å². The molecule has 9 nitrogen and oxygen atoms in total. The summed E-state index contributed by atoms with van der Waals surface area (Å²) in [5, 5.41) is 8.54. The second-order valence-electron chi connectivity index (χ2n) is 7.03. The van der Waals surface area contributed by atoms with E-state index in [2.05, 4.69) is 10.2 Å². The van der Waals surface area contributed by atoms with Gasteiger partial charge in [0, 0.05) is 60.0 Å². The standard InChI is InChI=1S/C18H26N6O3/c1-21(2)18(26)23-8-7-13(11-23)16-20-19-15-6-5-14(12-24(15)16)17(25)22(3)9-10-27-4/h5-6,12-13H,7-11H2,1-4H3. The summed E-state index contributed by atoms with van der Waals surface area (Å²) in [4.78, 5) is 29.8. The number of ether oxygens (including phenoxy) is 1. The summed E-state index contributed by atoms with van der Waals surface area (Å²) in [6.45, 7) is 2.30. The van der Waals surface area contributed by atoms with Crippen molar-refractivity contribution < 1.29 is 14.3 Å². The van der Waals surface area contributed by atoms with Crippen LogP contribution in [0.1, 0.15) is 28.5 Å². The molecule has 9 heteroatoms. The normalized spacial score (nSPS) is 16.7. The molecule has 0 aromatic carbocycles. The molecule has 0 N–H and O–H groups in total. The number of pyridine rings is 1. The van der Waals surface area contributed by atoms with E-state index in [0.717, 1.165) is 12.2 Å². The summed E-state index contributed by atoms with van der Waals surface area (Å²) < 4.78 is 6.90. The van der Waals surface area contributed by atoms with Crippen LogP contribution in [0.25, 0.3) is 5.65 Å². The van der Waals surface area contributed by atoms with Crippen LogP contribution in [0.5, 0.6) is 0 Å². The summed E-state index contributed by atoms with van der Waals surface area (Å²) >= 11 is 0. The number of likely N-dealkylation sites (N-methyl/N-ethyl adjacent to an activating group) is 1. The number of nitrogens with zero attached hydrogens (tertiary/aromatic N) is 6. The first-order chi connectivity index (χ1) is 12.9. The summed E-state index contributed by atoms with van der Waals surface area (Å²) in [7, 11) is 6.86. The number of urea groups is 1. The number of amides is 3. The largest absolute Gasteiger partial charge is 0.383 e. The van der Waals surface area contributed by atoms with Crippen molar-refractivity contribution in [3.8, 4) is 0 Å². The van der Waals surface area contributed by atoms with Crippen LogP contribution in [0.15, 0.2) is 18.3 Å². The Morgan fingerprint density at radius 1 is 1.26 bits per heavy atom. The van der Waals surface area contributed by atoms with Crippen LogP contribution in [0.3, 0.4) is 0 Å². The van der Waals surface area contributed by atoms with Crippen molar-refractivity contribution in [1.82, 2.24) is 29.3 Å². The van der Waals surface area contributed by atoms with Crippen molar-refractivity contribution in [3.63, 3.8) is 0 Å². The molecular formula is C18H26N6O3. The third-order valence-electron chi connectivity index (χ3n) is 4.86. The Hall–Kier alpha value is -2.68. The van der Waals surface area contributed by atoms with Crippen LogP contribution in [0.4, 0.5) is 4.79 Å². The van der Waals surface area contributed by atoms with Gasteiger partial charge in [-0.2, -0.15) is 0 Å². The van der Waals surface area contributed by atoms with E-state index in [1.165, 1.54) is 0 Å². The quantitative estimate of drug-likeness (QED) is 0.777. The molecule has 3 rings (SSSR count). The molecule has 1 aliphatic heterocycles. The van der Waals surface area contributed by atoms with Gasteiger partial charge >= 0.3 is 6.03 Å². The van der Waals surface area contributed by atoms with Gasteiger partial charge in [0.05, 0.1) is 12.2 Å². The molecule has 0 aliphatic carbocycles. The fourth-order valence-corrected chi connectivity index (χ4v) is 3.29. The second-order valence-corrected chi connectivity index (χ2v) is 7.03. The van der Waals surface area contributed by atoms with Crippen molar-refractivity contribution in [3.05, 3.63) is 29.7 Å². The third kappa shape index (κ3) is 3.87. The highest BCUT2D eigenvalue weighted by molar-refractivity contribution is 5.94. The fraction of sp³-hybridized carbons (Fsp3) is 0.556. The van der Waals surface area contributed by atoms with Gasteiger partial charge in [0.25, 0.3) is 5.91 Å². The smallest absolute Gasteiger partial charge is 0.319 e. The zero-order chi connectivity index (χ0) is 19.6. The van der Waals surface area contributed by atoms with E-state index in [9.17, 15) is 9.59 Å². The summed E-state index contributed by atoms with van der Waals surface area (Å²) in [5.74, 6) is 0.804. The van der Waals surface area contributed by atoms with E-state index in [-0.39, 0.29) is 17.9 Å². The van der Waals surface area contributed by atoms with Crippen LogP contribution in [0, 0.1) is 0 Å². The Labute approximate surface area is 158 Å². The number of aromatic nitrogens is 3. The molecule has 2 aromatic rings. The first-order valence-corrected chi connectivity index (χ1v) is 8.97. The molecule has 3 amide bonds. The molecule has 146 valence electrons. The highest BCUT2D eigenvalue weighted by Crippen LogP contribution is 2.27. The number of carbonyl (C=O) groups is 2. The highest BCUT2D eigenvalue weighted by Gasteiger charge is 2.31. The Bertz CT molecular complexity index is 834. The minimum Gasteiger partial charge on any atom is -0.383 e. The van der Waals surface area contributed by atoms with Gasteiger partial charge in [-0.1, -0.05) is 0 Å². The Morgan fingerprint density at radius 3 is 2.74 bits per heavy atom. The predicted octanol–water partition coefficient (Wildman–Crippen LogP) is 0.919. The van der Waals surface area contributed by atoms with Crippen LogP contribution in [0.2, 0.25) is 0 Å². The predicted molar refractivity (Wildman–Crippen MR) is 99.8 cm³/mol. The average Bonchev–Trinajstić information content (AvgIpc) is 3.30. The third-order valence-corrected chi connectivity index (χ3v) is 4.86. The first-order valence-electron chi connectivity index (χ1n) is 8.97. The lowest BCUT2D eigenvalue weighted by molar-refractivity contribution is 0.0743. The number of hydrogen-bond donors (Lipinski definition) is 0. The maximum Gasteiger partial charge on any atom is 0.319 e. The molecule has 0 spiro atoms. The molecular weight excluding hydrogens is 348 g/mol. The van der Waals surface area contributed by atoms with Crippen molar-refractivity contribution in [2.24, 2.45) is 0 Å². The number of rotatable bonds is 5. The summed E-state index contributed by atoms with van der Waals surface area (Å²) in [6, 6.07) is 3.56. The summed E-state index contributed by atoms with van der Waals surface area (Å²) in [5.41, 5.74) is 1.26. The molecule has 0 saturated carbocycles. The van der Waals surface area contributed by atoms with Crippen molar-refractivity contribution >= 4 is 17.6 Å². The number of fused-ring (bicyclic) bond motifs is 1. The highest BCUT2D eigenvalue weighted by atomic mass is 16.5. The monoisotopic (exact) mass is 374 g/mol. The second kappa shape index (κ2) is 7.91. The maximum atomic E-state index is 12.6. The van der Waals surface area contributed by atoms with Gasteiger partial charge in [-0.25, -0.2) is 4.79 Å². The average molecular weight is 374 g/mol. The van der Waals surface area contributed by atoms with Crippen LogP contribution < -0.4 is 0 Å². The molecule has 0 bridgehead atoms. The van der Waals surface area contributed by atoms with Crippen molar-refractivity contribution in [2.75, 3.05) is 54.5 Å². The fourth-order valence-electron chi connectivity index (χ4n) is 3.29. The van der Waals surface area contributed by atoms with Gasteiger partial charge in [-0.05, 0) is 18.6 Å². The van der Waals surface area contributed by atoms with Crippen molar-refractivity contribution in [1.29, 1.82) is 0 Å². The van der Waals surface area contributed by atoms with Crippen LogP contribution >= 0.6 is 0 Å². The van der Waals surface area contributed by atoms with Gasteiger partial charge < -0.3 is 19.4 Å². The van der Waals surface area contributed by atoms with Crippen LogP contribution in [-0.2, 0) is 4.74 Å². The molecule has 1 unspecified atom stereocenters. The molecule has 1 aliphatic rings. The van der Waals surface area contributed by atoms with E-state index in [1.807, 2.05) is 9.30 Å². The Balaban J connectivity index is 1.82. The zero-order valence-electron chi connectivity index (χ0n) is 16.3. The van der Waals surface area contributed by atoms with E-state index in [0.29, 0.717) is 37.5 Å². The minimum atomic E-state index is -0.0792. The minimum absolute atomic E-state index is 0.00181. The lowest BCUT2D eigenvalue weighted by Crippen LogP contribution is -2.37. The lowest BCUT2D eigenvalue weighted by Gasteiger charge is -2.21. The molecule has 2 aromatic heterocycles. The molecule has 1 fully saturated rings. The van der Waals surface area contributed by atoms with Gasteiger partial charge in [0.1, 0.15) is 5.82 Å². The maximum absolute atomic E-state index is 12.6. The number of hydrogen-bond acceptors (Lipinski definition) is 5. The number of likely N-dealkylation sites (tertiary alicyclic amines) is 1. The number of carbonyl (C=O) groups excluding carboxylic acids is 2. The molecule has 27 heavy (non-hydrogen) atoms. The first kappa shape index (κ1) is 19.1.